The van der Waals surface area contributed by atoms with Gasteiger partial charge in [0.05, 0.1) is 19.8 Å². The molecule has 1 aliphatic heterocycles. The van der Waals surface area contributed by atoms with Crippen molar-refractivity contribution in [2.75, 3.05) is 26.4 Å². The molecule has 0 aliphatic carbocycles. The third-order valence-electron chi connectivity index (χ3n) is 5.12. The van der Waals surface area contributed by atoms with Gasteiger partial charge >= 0.3 is 0 Å². The highest BCUT2D eigenvalue weighted by Gasteiger charge is 2.38. The minimum absolute atomic E-state index is 0.148. The average molecular weight is 369 g/mol. The largest absolute Gasteiger partial charge is 0.381 e. The molecule has 1 fully saturated rings. The van der Waals surface area contributed by atoms with Crippen LogP contribution in [-0.2, 0) is 31.8 Å². The van der Waals surface area contributed by atoms with Crippen LogP contribution in [0.2, 0.25) is 0 Å². The summed E-state index contributed by atoms with van der Waals surface area (Å²) in [5, 5.41) is 0. The van der Waals surface area contributed by atoms with E-state index in [-0.39, 0.29) is 5.41 Å². The van der Waals surface area contributed by atoms with Crippen molar-refractivity contribution >= 4 is 0 Å². The van der Waals surface area contributed by atoms with Crippen LogP contribution in [0, 0.1) is 0 Å². The zero-order valence-corrected chi connectivity index (χ0v) is 16.9. The predicted octanol–water partition coefficient (Wildman–Crippen LogP) is 5.22. The lowest BCUT2D eigenvalue weighted by Gasteiger charge is -2.29. The SMILES string of the molecule is CC(C)(C)c1ccc(C2(CCCOCCc3ccccc3)OCCO2)cc1. The Labute approximate surface area is 163 Å². The number of rotatable bonds is 8. The van der Waals surface area contributed by atoms with Crippen molar-refractivity contribution in [2.45, 2.75) is 51.2 Å². The van der Waals surface area contributed by atoms with Crippen molar-refractivity contribution < 1.29 is 14.2 Å². The van der Waals surface area contributed by atoms with Gasteiger partial charge in [-0.3, -0.25) is 0 Å². The highest BCUT2D eigenvalue weighted by Crippen LogP contribution is 2.37. The number of ether oxygens (including phenoxy) is 3. The molecule has 1 saturated heterocycles. The molecule has 0 unspecified atom stereocenters. The van der Waals surface area contributed by atoms with Gasteiger partial charge in [0.1, 0.15) is 0 Å². The lowest BCUT2D eigenvalue weighted by Crippen LogP contribution is -2.28. The summed E-state index contributed by atoms with van der Waals surface area (Å²) in [5.74, 6) is -0.612. The quantitative estimate of drug-likeness (QED) is 0.598. The Kier molecular flexibility index (Phi) is 6.69. The summed E-state index contributed by atoms with van der Waals surface area (Å²) >= 11 is 0. The number of hydrogen-bond donors (Lipinski definition) is 0. The molecule has 1 aliphatic rings. The first kappa shape index (κ1) is 20.1. The van der Waals surface area contributed by atoms with Crippen molar-refractivity contribution in [3.8, 4) is 0 Å². The van der Waals surface area contributed by atoms with Gasteiger partial charge in [0, 0.05) is 18.6 Å². The van der Waals surface area contributed by atoms with Gasteiger partial charge in [-0.25, -0.2) is 0 Å². The third-order valence-corrected chi connectivity index (χ3v) is 5.12. The zero-order valence-electron chi connectivity index (χ0n) is 16.9. The Morgan fingerprint density at radius 2 is 1.56 bits per heavy atom. The normalized spacial score (nSPS) is 16.6. The van der Waals surface area contributed by atoms with Gasteiger partial charge in [-0.05, 0) is 29.4 Å². The molecule has 3 nitrogen and oxygen atoms in total. The van der Waals surface area contributed by atoms with Gasteiger partial charge in [0.25, 0.3) is 0 Å². The van der Waals surface area contributed by atoms with E-state index < -0.39 is 5.79 Å². The molecule has 0 amide bonds. The molecule has 1 heterocycles. The van der Waals surface area contributed by atoms with Gasteiger partial charge < -0.3 is 14.2 Å². The van der Waals surface area contributed by atoms with E-state index in [1.165, 1.54) is 11.1 Å². The summed E-state index contributed by atoms with van der Waals surface area (Å²) in [4.78, 5) is 0. The Balaban J connectivity index is 1.50. The van der Waals surface area contributed by atoms with E-state index in [2.05, 4.69) is 69.3 Å². The molecule has 0 bridgehead atoms. The standard InChI is InChI=1S/C24H32O3/c1-23(2,3)21-10-12-22(13-11-21)24(26-18-19-27-24)15-7-16-25-17-14-20-8-5-4-6-9-20/h4-6,8-13H,7,14-19H2,1-3H3. The maximum absolute atomic E-state index is 6.05. The molecule has 146 valence electrons. The van der Waals surface area contributed by atoms with E-state index in [0.717, 1.165) is 38.0 Å². The van der Waals surface area contributed by atoms with Crippen LogP contribution in [0.5, 0.6) is 0 Å². The molecule has 27 heavy (non-hydrogen) atoms. The Morgan fingerprint density at radius 3 is 2.19 bits per heavy atom. The molecule has 3 rings (SSSR count). The van der Waals surface area contributed by atoms with Crippen molar-refractivity contribution in [2.24, 2.45) is 0 Å². The summed E-state index contributed by atoms with van der Waals surface area (Å²) in [6.45, 7) is 9.46. The van der Waals surface area contributed by atoms with E-state index in [4.69, 9.17) is 14.2 Å². The minimum atomic E-state index is -0.612. The van der Waals surface area contributed by atoms with Crippen LogP contribution >= 0.6 is 0 Å². The first-order chi connectivity index (χ1) is 13.0. The van der Waals surface area contributed by atoms with Crippen LogP contribution in [0.4, 0.5) is 0 Å². The van der Waals surface area contributed by atoms with Crippen molar-refractivity contribution in [1.29, 1.82) is 0 Å². The van der Waals surface area contributed by atoms with E-state index in [9.17, 15) is 0 Å². The van der Waals surface area contributed by atoms with Gasteiger partial charge in [-0.1, -0.05) is 75.4 Å². The second-order valence-corrected chi connectivity index (χ2v) is 8.23. The van der Waals surface area contributed by atoms with Gasteiger partial charge in [0.15, 0.2) is 5.79 Å². The second kappa shape index (κ2) is 9.01. The monoisotopic (exact) mass is 368 g/mol. The van der Waals surface area contributed by atoms with Crippen LogP contribution in [0.15, 0.2) is 54.6 Å². The van der Waals surface area contributed by atoms with Crippen LogP contribution in [-0.4, -0.2) is 26.4 Å². The molecule has 0 radical (unpaired) electrons. The topological polar surface area (TPSA) is 27.7 Å². The van der Waals surface area contributed by atoms with Gasteiger partial charge in [-0.2, -0.15) is 0 Å². The lowest BCUT2D eigenvalue weighted by atomic mass is 9.86. The van der Waals surface area contributed by atoms with Crippen LogP contribution in [0.25, 0.3) is 0 Å². The fourth-order valence-electron chi connectivity index (χ4n) is 3.48. The van der Waals surface area contributed by atoms with E-state index in [0.29, 0.717) is 13.2 Å². The fourth-order valence-corrected chi connectivity index (χ4v) is 3.48. The molecular weight excluding hydrogens is 336 g/mol. The smallest absolute Gasteiger partial charge is 0.195 e. The first-order valence-corrected chi connectivity index (χ1v) is 10.0. The minimum Gasteiger partial charge on any atom is -0.381 e. The Hall–Kier alpha value is -1.68. The molecule has 0 atom stereocenters. The summed E-state index contributed by atoms with van der Waals surface area (Å²) in [6, 6.07) is 19.2. The molecule has 0 spiro atoms. The maximum Gasteiger partial charge on any atom is 0.195 e. The summed E-state index contributed by atoms with van der Waals surface area (Å²) in [5.41, 5.74) is 3.90. The summed E-state index contributed by atoms with van der Waals surface area (Å²) in [6.07, 6.45) is 2.68. The van der Waals surface area contributed by atoms with Gasteiger partial charge in [0.2, 0.25) is 0 Å². The van der Waals surface area contributed by atoms with E-state index in [1.807, 2.05) is 6.07 Å². The Bertz CT molecular complexity index is 680. The average Bonchev–Trinajstić information content (AvgIpc) is 3.15. The molecule has 0 N–H and O–H groups in total. The highest BCUT2D eigenvalue weighted by molar-refractivity contribution is 5.30. The van der Waals surface area contributed by atoms with Crippen LogP contribution in [0.1, 0.15) is 50.3 Å². The highest BCUT2D eigenvalue weighted by atomic mass is 16.7. The zero-order chi connectivity index (χ0) is 19.2. The van der Waals surface area contributed by atoms with Crippen molar-refractivity contribution in [1.82, 2.24) is 0 Å². The van der Waals surface area contributed by atoms with Crippen molar-refractivity contribution in [3.63, 3.8) is 0 Å². The van der Waals surface area contributed by atoms with E-state index >= 15 is 0 Å². The number of hydrogen-bond acceptors (Lipinski definition) is 3. The third kappa shape index (κ3) is 5.41. The lowest BCUT2D eigenvalue weighted by molar-refractivity contribution is -0.173. The number of benzene rings is 2. The maximum atomic E-state index is 6.05. The van der Waals surface area contributed by atoms with Crippen LogP contribution in [0.3, 0.4) is 0 Å². The van der Waals surface area contributed by atoms with Gasteiger partial charge in [-0.15, -0.1) is 0 Å². The molecule has 0 aromatic heterocycles. The van der Waals surface area contributed by atoms with Crippen molar-refractivity contribution in [3.05, 3.63) is 71.3 Å². The molecule has 2 aromatic rings. The second-order valence-electron chi connectivity index (χ2n) is 8.23. The predicted molar refractivity (Wildman–Crippen MR) is 109 cm³/mol. The molecule has 0 saturated carbocycles. The fraction of sp³-hybridized carbons (Fsp3) is 0.500. The van der Waals surface area contributed by atoms with Crippen LogP contribution < -0.4 is 0 Å². The summed E-state index contributed by atoms with van der Waals surface area (Å²) < 4.78 is 17.9. The first-order valence-electron chi connectivity index (χ1n) is 10.0. The molecule has 3 heteroatoms. The molecule has 2 aromatic carbocycles. The van der Waals surface area contributed by atoms with E-state index in [1.54, 1.807) is 0 Å². The Morgan fingerprint density at radius 1 is 0.889 bits per heavy atom. The molecular formula is C24H32O3. The summed E-state index contributed by atoms with van der Waals surface area (Å²) in [7, 11) is 0.